The van der Waals surface area contributed by atoms with Crippen LogP contribution in [0.2, 0.25) is 0 Å². The maximum Gasteiger partial charge on any atom is 0.131 e. The number of hydrogen-bond donors (Lipinski definition) is 2. The van der Waals surface area contributed by atoms with Crippen LogP contribution >= 0.6 is 0 Å². The molecule has 1 aromatic rings. The highest BCUT2D eigenvalue weighted by Crippen LogP contribution is 1.98. The number of hydrogen-bond acceptors (Lipinski definition) is 4. The molecule has 76 valence electrons. The molecule has 0 aliphatic carbocycles. The van der Waals surface area contributed by atoms with Gasteiger partial charge >= 0.3 is 0 Å². The van der Waals surface area contributed by atoms with E-state index in [0.717, 1.165) is 6.21 Å². The topological polar surface area (TPSA) is 65.2 Å². The van der Waals surface area contributed by atoms with E-state index in [1.165, 1.54) is 0 Å². The smallest absolute Gasteiger partial charge is 0.131 e. The van der Waals surface area contributed by atoms with Crippen LogP contribution in [-0.2, 0) is 0 Å². The van der Waals surface area contributed by atoms with Crippen molar-refractivity contribution in [1.82, 2.24) is 0 Å². The Hall–Kier alpha value is -1.84. The maximum absolute atomic E-state index is 8.50. The van der Waals surface area contributed by atoms with Crippen LogP contribution in [0.25, 0.3) is 0 Å². The fraction of sp³-hybridized carbons (Fsp3) is 0.200. The van der Waals surface area contributed by atoms with Crippen LogP contribution in [0.15, 0.2) is 40.6 Å². The van der Waals surface area contributed by atoms with Crippen LogP contribution in [0.4, 0.5) is 0 Å². The van der Waals surface area contributed by atoms with Gasteiger partial charge in [-0.05, 0) is 0 Å². The molecule has 0 amide bonds. The molecule has 0 aliphatic rings. The summed E-state index contributed by atoms with van der Waals surface area (Å²) in [4.78, 5) is 0. The highest BCUT2D eigenvalue weighted by molar-refractivity contribution is 6.37. The SMILES string of the molecule is CC.ON=CC(=NO)c1ccccc1. The second kappa shape index (κ2) is 7.79. The summed E-state index contributed by atoms with van der Waals surface area (Å²) in [5, 5.41) is 22.4. The molecule has 0 saturated heterocycles. The number of oxime groups is 2. The van der Waals surface area contributed by atoms with Gasteiger partial charge < -0.3 is 10.4 Å². The van der Waals surface area contributed by atoms with Gasteiger partial charge in [-0.3, -0.25) is 0 Å². The van der Waals surface area contributed by atoms with Crippen molar-refractivity contribution in [3.63, 3.8) is 0 Å². The number of benzene rings is 1. The molecule has 0 radical (unpaired) electrons. The van der Waals surface area contributed by atoms with Crippen molar-refractivity contribution < 1.29 is 10.4 Å². The molecule has 0 bridgehead atoms. The lowest BCUT2D eigenvalue weighted by Gasteiger charge is -1.95. The first-order valence-corrected chi connectivity index (χ1v) is 4.33. The first-order chi connectivity index (χ1) is 6.88. The lowest BCUT2D eigenvalue weighted by Crippen LogP contribution is -2.01. The van der Waals surface area contributed by atoms with Crippen LogP contribution in [0, 0.1) is 0 Å². The lowest BCUT2D eigenvalue weighted by molar-refractivity contribution is 0.316. The number of rotatable bonds is 2. The quantitative estimate of drug-likeness (QED) is 0.431. The molecule has 0 aromatic heterocycles. The zero-order valence-electron chi connectivity index (χ0n) is 8.25. The molecule has 0 saturated carbocycles. The van der Waals surface area contributed by atoms with Crippen molar-refractivity contribution in [1.29, 1.82) is 0 Å². The molecule has 4 nitrogen and oxygen atoms in total. The van der Waals surface area contributed by atoms with Gasteiger partial charge in [-0.25, -0.2) is 0 Å². The van der Waals surface area contributed by atoms with Gasteiger partial charge in [0.15, 0.2) is 0 Å². The molecule has 1 rings (SSSR count). The number of nitrogens with zero attached hydrogens (tertiary/aromatic N) is 2. The predicted octanol–water partition coefficient (Wildman–Crippen LogP) is 2.35. The van der Waals surface area contributed by atoms with Crippen LogP contribution in [0.5, 0.6) is 0 Å². The highest BCUT2D eigenvalue weighted by Gasteiger charge is 1.98. The summed E-state index contributed by atoms with van der Waals surface area (Å²) >= 11 is 0. The van der Waals surface area contributed by atoms with Crippen molar-refractivity contribution in [2.45, 2.75) is 13.8 Å². The van der Waals surface area contributed by atoms with E-state index < -0.39 is 0 Å². The summed E-state index contributed by atoms with van der Waals surface area (Å²) in [5.74, 6) is 0. The molecule has 0 atom stereocenters. The van der Waals surface area contributed by atoms with Crippen molar-refractivity contribution in [3.05, 3.63) is 35.9 Å². The van der Waals surface area contributed by atoms with Crippen LogP contribution in [-0.4, -0.2) is 22.3 Å². The summed E-state index contributed by atoms with van der Waals surface area (Å²) in [6, 6.07) is 8.93. The van der Waals surface area contributed by atoms with Gasteiger partial charge in [0, 0.05) is 5.56 Å². The Labute approximate surface area is 83.2 Å². The van der Waals surface area contributed by atoms with E-state index in [-0.39, 0.29) is 5.71 Å². The Kier molecular flexibility index (Phi) is 6.77. The second-order valence-corrected chi connectivity index (χ2v) is 2.10. The molecular weight excluding hydrogens is 180 g/mol. The lowest BCUT2D eigenvalue weighted by atomic mass is 10.1. The molecular formula is C10H14N2O2. The standard InChI is InChI=1S/C8H8N2O2.C2H6/c11-9-6-8(10-12)7-4-2-1-3-5-7;1-2/h1-6,11-12H;1-2H3. The van der Waals surface area contributed by atoms with Crippen molar-refractivity contribution in [2.24, 2.45) is 10.3 Å². The van der Waals surface area contributed by atoms with Crippen molar-refractivity contribution in [2.75, 3.05) is 0 Å². The normalized spacial score (nSPS) is 10.9. The van der Waals surface area contributed by atoms with Crippen LogP contribution in [0.3, 0.4) is 0 Å². The molecule has 0 fully saturated rings. The second-order valence-electron chi connectivity index (χ2n) is 2.10. The zero-order chi connectivity index (χ0) is 10.8. The monoisotopic (exact) mass is 194 g/mol. The predicted molar refractivity (Wildman–Crippen MR) is 56.4 cm³/mol. The third kappa shape index (κ3) is 3.71. The van der Waals surface area contributed by atoms with Gasteiger partial charge in [-0.1, -0.05) is 54.5 Å². The average molecular weight is 194 g/mol. The first-order valence-electron chi connectivity index (χ1n) is 4.33. The van der Waals surface area contributed by atoms with E-state index in [1.807, 2.05) is 19.9 Å². The van der Waals surface area contributed by atoms with Gasteiger partial charge in [0.1, 0.15) is 5.71 Å². The minimum absolute atomic E-state index is 0.220. The molecule has 0 unspecified atom stereocenters. The van der Waals surface area contributed by atoms with E-state index in [2.05, 4.69) is 10.3 Å². The first kappa shape index (κ1) is 12.2. The van der Waals surface area contributed by atoms with Gasteiger partial charge in [-0.2, -0.15) is 0 Å². The summed E-state index contributed by atoms with van der Waals surface area (Å²) in [5.41, 5.74) is 0.913. The van der Waals surface area contributed by atoms with E-state index >= 15 is 0 Å². The fourth-order valence-electron chi connectivity index (χ4n) is 0.822. The molecule has 0 spiro atoms. The third-order valence-electron chi connectivity index (χ3n) is 1.36. The Balaban J connectivity index is 0.000000791. The van der Waals surface area contributed by atoms with Gasteiger partial charge in [-0.15, -0.1) is 0 Å². The molecule has 4 heteroatoms. The summed E-state index contributed by atoms with van der Waals surface area (Å²) in [7, 11) is 0. The molecule has 1 aromatic carbocycles. The Morgan fingerprint density at radius 2 is 1.71 bits per heavy atom. The average Bonchev–Trinajstić information content (AvgIpc) is 2.30. The minimum Gasteiger partial charge on any atom is -0.411 e. The largest absolute Gasteiger partial charge is 0.411 e. The maximum atomic E-state index is 8.50. The van der Waals surface area contributed by atoms with Gasteiger partial charge in [0.2, 0.25) is 0 Å². The summed E-state index contributed by atoms with van der Waals surface area (Å²) in [6.45, 7) is 4.00. The molecule has 0 heterocycles. The van der Waals surface area contributed by atoms with E-state index in [4.69, 9.17) is 10.4 Å². The molecule has 0 aliphatic heterocycles. The van der Waals surface area contributed by atoms with E-state index in [9.17, 15) is 0 Å². The van der Waals surface area contributed by atoms with Crippen molar-refractivity contribution >= 4 is 11.9 Å². The summed E-state index contributed by atoms with van der Waals surface area (Å²) < 4.78 is 0. The van der Waals surface area contributed by atoms with E-state index in [0.29, 0.717) is 5.56 Å². The Morgan fingerprint density at radius 1 is 1.14 bits per heavy atom. The van der Waals surface area contributed by atoms with Crippen molar-refractivity contribution in [3.8, 4) is 0 Å². The fourth-order valence-corrected chi connectivity index (χ4v) is 0.822. The van der Waals surface area contributed by atoms with Crippen LogP contribution < -0.4 is 0 Å². The van der Waals surface area contributed by atoms with E-state index in [1.54, 1.807) is 24.3 Å². The minimum atomic E-state index is 0.220. The zero-order valence-corrected chi connectivity index (χ0v) is 8.25. The molecule has 14 heavy (non-hydrogen) atoms. The highest BCUT2D eigenvalue weighted by atomic mass is 16.4. The Morgan fingerprint density at radius 3 is 2.14 bits per heavy atom. The van der Waals surface area contributed by atoms with Gasteiger partial charge in [0.25, 0.3) is 0 Å². The van der Waals surface area contributed by atoms with Crippen LogP contribution in [0.1, 0.15) is 19.4 Å². The molecule has 2 N–H and O–H groups in total. The van der Waals surface area contributed by atoms with Gasteiger partial charge in [0.05, 0.1) is 6.21 Å². The summed E-state index contributed by atoms with van der Waals surface area (Å²) in [6.07, 6.45) is 1.06. The Bertz CT molecular complexity index is 294. The third-order valence-corrected chi connectivity index (χ3v) is 1.36.